The molecule has 0 amide bonds. The van der Waals surface area contributed by atoms with Crippen LogP contribution in [0.1, 0.15) is 24.2 Å². The molecule has 14 heavy (non-hydrogen) atoms. The zero-order valence-corrected chi connectivity index (χ0v) is 9.96. The molecule has 3 nitrogen and oxygen atoms in total. The van der Waals surface area contributed by atoms with Crippen LogP contribution in [0.2, 0.25) is 0 Å². The Labute approximate surface area is 91.8 Å². The zero-order valence-electron chi connectivity index (χ0n) is 8.37. The molecule has 0 aliphatic rings. The second kappa shape index (κ2) is 6.43. The van der Waals surface area contributed by atoms with E-state index in [-0.39, 0.29) is 11.5 Å². The monoisotopic (exact) mass is 260 g/mol. The van der Waals surface area contributed by atoms with Gasteiger partial charge in [-0.15, -0.1) is 0 Å². The molecule has 0 aliphatic carbocycles. The lowest BCUT2D eigenvalue weighted by molar-refractivity contribution is 0.112. The molecule has 0 atom stereocenters. The number of ether oxygens (including phenoxy) is 1. The number of methoxy groups -OCH3 is 1. The van der Waals surface area contributed by atoms with Gasteiger partial charge in [-0.05, 0) is 28.1 Å². The van der Waals surface area contributed by atoms with Crippen molar-refractivity contribution < 1.29 is 14.6 Å². The summed E-state index contributed by atoms with van der Waals surface area (Å²) in [5, 5.41) is 9.33. The smallest absolute Gasteiger partial charge is 0.172 e. The summed E-state index contributed by atoms with van der Waals surface area (Å²) in [6.07, 6.45) is 0.687. The highest BCUT2D eigenvalue weighted by Crippen LogP contribution is 2.34. The van der Waals surface area contributed by atoms with Gasteiger partial charge in [-0.3, -0.25) is 4.79 Å². The highest BCUT2D eigenvalue weighted by molar-refractivity contribution is 9.10. The topological polar surface area (TPSA) is 46.5 Å². The molecule has 0 fully saturated rings. The first-order valence-corrected chi connectivity index (χ1v) is 5.00. The fourth-order valence-corrected chi connectivity index (χ4v) is 1.28. The molecule has 0 bridgehead atoms. The Balaban J connectivity index is 0.000000791. The quantitative estimate of drug-likeness (QED) is 0.832. The molecule has 0 saturated heterocycles. The lowest BCUT2D eigenvalue weighted by Gasteiger charge is -2.04. The van der Waals surface area contributed by atoms with Gasteiger partial charge in [0.2, 0.25) is 0 Å². The van der Waals surface area contributed by atoms with Crippen LogP contribution < -0.4 is 4.74 Å². The van der Waals surface area contributed by atoms with Gasteiger partial charge in [-0.1, -0.05) is 13.8 Å². The van der Waals surface area contributed by atoms with Gasteiger partial charge in [0.15, 0.2) is 11.5 Å². The summed E-state index contributed by atoms with van der Waals surface area (Å²) >= 11 is 3.09. The van der Waals surface area contributed by atoms with Gasteiger partial charge in [-0.25, -0.2) is 0 Å². The maximum atomic E-state index is 10.4. The first-order valence-electron chi connectivity index (χ1n) is 4.20. The Morgan fingerprint density at radius 2 is 2.00 bits per heavy atom. The number of halogens is 1. The maximum absolute atomic E-state index is 10.4. The summed E-state index contributed by atoms with van der Waals surface area (Å²) in [7, 11) is 1.43. The van der Waals surface area contributed by atoms with Crippen molar-refractivity contribution in [3.05, 3.63) is 22.2 Å². The summed E-state index contributed by atoms with van der Waals surface area (Å²) in [6.45, 7) is 4.00. The standard InChI is InChI=1S/C8H7BrO3.C2H6/c1-12-7-3-5(4-10)2-6(9)8(7)11;1-2/h2-4,11H,1H3;1-2H3. The van der Waals surface area contributed by atoms with E-state index in [9.17, 15) is 9.90 Å². The third kappa shape index (κ3) is 3.03. The molecule has 0 saturated carbocycles. The van der Waals surface area contributed by atoms with Crippen LogP contribution >= 0.6 is 15.9 Å². The van der Waals surface area contributed by atoms with Crippen molar-refractivity contribution in [1.82, 2.24) is 0 Å². The second-order valence-corrected chi connectivity index (χ2v) is 3.03. The third-order valence-electron chi connectivity index (χ3n) is 1.41. The van der Waals surface area contributed by atoms with E-state index in [1.807, 2.05) is 13.8 Å². The average molecular weight is 261 g/mol. The van der Waals surface area contributed by atoms with Gasteiger partial charge in [0.25, 0.3) is 0 Å². The van der Waals surface area contributed by atoms with Crippen LogP contribution in [0.3, 0.4) is 0 Å². The van der Waals surface area contributed by atoms with E-state index in [1.165, 1.54) is 19.2 Å². The predicted octanol–water partition coefficient (Wildman–Crippen LogP) is 3.00. The molecule has 0 radical (unpaired) electrons. The first kappa shape index (κ1) is 13.0. The zero-order chi connectivity index (χ0) is 11.1. The molecule has 1 aromatic carbocycles. The Morgan fingerprint density at radius 3 is 2.43 bits per heavy atom. The predicted molar refractivity (Wildman–Crippen MR) is 59.1 cm³/mol. The van der Waals surface area contributed by atoms with E-state index in [1.54, 1.807) is 0 Å². The van der Waals surface area contributed by atoms with E-state index in [2.05, 4.69) is 15.9 Å². The van der Waals surface area contributed by atoms with E-state index in [0.717, 1.165) is 0 Å². The molecule has 1 aromatic rings. The summed E-state index contributed by atoms with van der Waals surface area (Å²) < 4.78 is 5.28. The van der Waals surface area contributed by atoms with Gasteiger partial charge in [-0.2, -0.15) is 0 Å². The Morgan fingerprint density at radius 1 is 1.43 bits per heavy atom. The number of aromatic hydroxyl groups is 1. The van der Waals surface area contributed by atoms with Crippen molar-refractivity contribution in [2.24, 2.45) is 0 Å². The van der Waals surface area contributed by atoms with Gasteiger partial charge in [0.05, 0.1) is 11.6 Å². The third-order valence-corrected chi connectivity index (χ3v) is 2.01. The number of hydrogen-bond donors (Lipinski definition) is 1. The normalized spacial score (nSPS) is 8.57. The second-order valence-electron chi connectivity index (χ2n) is 2.17. The van der Waals surface area contributed by atoms with Gasteiger partial charge >= 0.3 is 0 Å². The Kier molecular flexibility index (Phi) is 5.95. The first-order chi connectivity index (χ1) is 6.69. The molecular formula is C10H13BrO3. The highest BCUT2D eigenvalue weighted by atomic mass is 79.9. The van der Waals surface area contributed by atoms with Crippen molar-refractivity contribution in [3.8, 4) is 11.5 Å². The number of hydrogen-bond acceptors (Lipinski definition) is 3. The summed E-state index contributed by atoms with van der Waals surface area (Å²) in [5.74, 6) is 0.287. The van der Waals surface area contributed by atoms with E-state index < -0.39 is 0 Å². The fourth-order valence-electron chi connectivity index (χ4n) is 0.817. The van der Waals surface area contributed by atoms with Crippen molar-refractivity contribution >= 4 is 22.2 Å². The minimum atomic E-state index is 0.00287. The molecule has 4 heteroatoms. The number of carbonyl (C=O) groups is 1. The summed E-state index contributed by atoms with van der Waals surface area (Å²) in [6, 6.07) is 2.98. The molecule has 0 heterocycles. The SMILES string of the molecule is CC.COc1cc(C=O)cc(Br)c1O. The van der Waals surface area contributed by atoms with Crippen LogP contribution in [0, 0.1) is 0 Å². The number of aldehydes is 1. The molecule has 0 aliphatic heterocycles. The number of rotatable bonds is 2. The number of carbonyl (C=O) groups excluding carboxylic acids is 1. The Bertz CT molecular complexity index is 310. The number of phenolic OH excluding ortho intramolecular Hbond substituents is 1. The minimum Gasteiger partial charge on any atom is -0.503 e. The lowest BCUT2D eigenvalue weighted by atomic mass is 10.2. The lowest BCUT2D eigenvalue weighted by Crippen LogP contribution is -1.87. The van der Waals surface area contributed by atoms with Crippen LogP contribution in [0.5, 0.6) is 11.5 Å². The number of phenols is 1. The van der Waals surface area contributed by atoms with Gasteiger partial charge in [0.1, 0.15) is 6.29 Å². The molecule has 0 spiro atoms. The van der Waals surface area contributed by atoms with Crippen molar-refractivity contribution in [2.75, 3.05) is 7.11 Å². The molecule has 0 unspecified atom stereocenters. The van der Waals surface area contributed by atoms with Crippen LogP contribution in [0.25, 0.3) is 0 Å². The van der Waals surface area contributed by atoms with E-state index in [4.69, 9.17) is 4.74 Å². The van der Waals surface area contributed by atoms with Crippen LogP contribution in [0.4, 0.5) is 0 Å². The van der Waals surface area contributed by atoms with Crippen LogP contribution in [-0.4, -0.2) is 18.5 Å². The van der Waals surface area contributed by atoms with E-state index >= 15 is 0 Å². The van der Waals surface area contributed by atoms with Crippen molar-refractivity contribution in [3.63, 3.8) is 0 Å². The van der Waals surface area contributed by atoms with Crippen LogP contribution in [0.15, 0.2) is 16.6 Å². The molecule has 0 aromatic heterocycles. The largest absolute Gasteiger partial charge is 0.503 e. The Hall–Kier alpha value is -1.03. The van der Waals surface area contributed by atoms with Crippen molar-refractivity contribution in [2.45, 2.75) is 13.8 Å². The molecule has 78 valence electrons. The minimum absolute atomic E-state index is 0.00287. The molecular weight excluding hydrogens is 248 g/mol. The van der Waals surface area contributed by atoms with E-state index in [0.29, 0.717) is 16.3 Å². The van der Waals surface area contributed by atoms with Crippen LogP contribution in [-0.2, 0) is 0 Å². The molecule has 1 N–H and O–H groups in total. The van der Waals surface area contributed by atoms with Crippen molar-refractivity contribution in [1.29, 1.82) is 0 Å². The average Bonchev–Trinajstić information content (AvgIpc) is 2.24. The maximum Gasteiger partial charge on any atom is 0.172 e. The van der Waals surface area contributed by atoms with Gasteiger partial charge < -0.3 is 9.84 Å². The van der Waals surface area contributed by atoms with Gasteiger partial charge in [0, 0.05) is 5.56 Å². The summed E-state index contributed by atoms with van der Waals surface area (Å²) in [4.78, 5) is 10.4. The molecule has 1 rings (SSSR count). The fraction of sp³-hybridized carbons (Fsp3) is 0.300. The number of benzene rings is 1. The summed E-state index contributed by atoms with van der Waals surface area (Å²) in [5.41, 5.74) is 0.455. The highest BCUT2D eigenvalue weighted by Gasteiger charge is 2.07.